The SMILES string of the molecule is COc1ccccc1C(N)c1ccc2ccccc2c1. The minimum Gasteiger partial charge on any atom is -0.496 e. The molecule has 2 N–H and O–H groups in total. The molecule has 0 heterocycles. The number of fused-ring (bicyclic) bond motifs is 1. The van der Waals surface area contributed by atoms with Crippen molar-refractivity contribution in [2.75, 3.05) is 7.11 Å². The average Bonchev–Trinajstić information content (AvgIpc) is 2.53. The van der Waals surface area contributed by atoms with Crippen molar-refractivity contribution >= 4 is 10.8 Å². The summed E-state index contributed by atoms with van der Waals surface area (Å²) in [5.41, 5.74) is 8.50. The highest BCUT2D eigenvalue weighted by molar-refractivity contribution is 5.83. The Balaban J connectivity index is 2.05. The van der Waals surface area contributed by atoms with E-state index in [-0.39, 0.29) is 6.04 Å². The zero-order chi connectivity index (χ0) is 13.9. The lowest BCUT2D eigenvalue weighted by Gasteiger charge is -2.16. The summed E-state index contributed by atoms with van der Waals surface area (Å²) in [4.78, 5) is 0. The molecule has 1 unspecified atom stereocenters. The highest BCUT2D eigenvalue weighted by atomic mass is 16.5. The van der Waals surface area contributed by atoms with E-state index in [0.29, 0.717) is 0 Å². The van der Waals surface area contributed by atoms with Gasteiger partial charge in [0.2, 0.25) is 0 Å². The smallest absolute Gasteiger partial charge is 0.123 e. The molecule has 0 aromatic heterocycles. The molecule has 20 heavy (non-hydrogen) atoms. The van der Waals surface area contributed by atoms with Crippen molar-refractivity contribution in [3.8, 4) is 5.75 Å². The van der Waals surface area contributed by atoms with E-state index in [1.807, 2.05) is 36.4 Å². The van der Waals surface area contributed by atoms with Gasteiger partial charge in [-0.25, -0.2) is 0 Å². The van der Waals surface area contributed by atoms with Crippen molar-refractivity contribution in [1.29, 1.82) is 0 Å². The van der Waals surface area contributed by atoms with Crippen LogP contribution in [0.3, 0.4) is 0 Å². The molecule has 1 atom stereocenters. The van der Waals surface area contributed by atoms with E-state index < -0.39 is 0 Å². The van der Waals surface area contributed by atoms with Gasteiger partial charge in [-0.15, -0.1) is 0 Å². The van der Waals surface area contributed by atoms with Crippen LogP contribution in [0, 0.1) is 0 Å². The summed E-state index contributed by atoms with van der Waals surface area (Å²) in [5, 5.41) is 2.43. The molecule has 0 aliphatic carbocycles. The Bertz CT molecular complexity index is 736. The van der Waals surface area contributed by atoms with E-state index in [4.69, 9.17) is 10.5 Å². The quantitative estimate of drug-likeness (QED) is 0.778. The molecule has 0 amide bonds. The van der Waals surface area contributed by atoms with Gasteiger partial charge in [-0.1, -0.05) is 54.6 Å². The van der Waals surface area contributed by atoms with E-state index in [1.54, 1.807) is 7.11 Å². The molecule has 0 aliphatic heterocycles. The molecule has 2 nitrogen and oxygen atoms in total. The summed E-state index contributed by atoms with van der Waals surface area (Å²) in [6.07, 6.45) is 0. The van der Waals surface area contributed by atoms with Crippen LogP contribution in [0.4, 0.5) is 0 Å². The summed E-state index contributed by atoms with van der Waals surface area (Å²) < 4.78 is 5.40. The van der Waals surface area contributed by atoms with Gasteiger partial charge in [-0.05, 0) is 28.5 Å². The Kier molecular flexibility index (Phi) is 3.40. The first-order valence-electron chi connectivity index (χ1n) is 6.67. The van der Waals surface area contributed by atoms with Gasteiger partial charge in [0.05, 0.1) is 13.2 Å². The standard InChI is InChI=1S/C18H17NO/c1-20-17-9-5-4-8-16(17)18(19)15-11-10-13-6-2-3-7-14(13)12-15/h2-12,18H,19H2,1H3. The molecule has 0 saturated heterocycles. The lowest BCUT2D eigenvalue weighted by atomic mass is 9.96. The number of hydrogen-bond donors (Lipinski definition) is 1. The fourth-order valence-electron chi connectivity index (χ4n) is 2.50. The predicted molar refractivity (Wildman–Crippen MR) is 83.0 cm³/mol. The molecular formula is C18H17NO. The Morgan fingerprint density at radius 2 is 1.55 bits per heavy atom. The van der Waals surface area contributed by atoms with Crippen LogP contribution in [0.5, 0.6) is 5.75 Å². The van der Waals surface area contributed by atoms with Crippen molar-refractivity contribution in [3.63, 3.8) is 0 Å². The van der Waals surface area contributed by atoms with Crippen LogP contribution in [0.15, 0.2) is 66.7 Å². The van der Waals surface area contributed by atoms with Crippen LogP contribution in [0.2, 0.25) is 0 Å². The molecule has 100 valence electrons. The summed E-state index contributed by atoms with van der Waals surface area (Å²) >= 11 is 0. The van der Waals surface area contributed by atoms with Crippen LogP contribution >= 0.6 is 0 Å². The van der Waals surface area contributed by atoms with E-state index in [2.05, 4.69) is 30.3 Å². The van der Waals surface area contributed by atoms with Gasteiger partial charge < -0.3 is 10.5 Å². The van der Waals surface area contributed by atoms with Crippen molar-refractivity contribution in [2.45, 2.75) is 6.04 Å². The Morgan fingerprint density at radius 1 is 0.850 bits per heavy atom. The zero-order valence-electron chi connectivity index (χ0n) is 11.4. The Labute approximate surface area is 118 Å². The molecule has 0 radical (unpaired) electrons. The lowest BCUT2D eigenvalue weighted by Crippen LogP contribution is -2.12. The molecule has 0 spiro atoms. The van der Waals surface area contributed by atoms with Crippen molar-refractivity contribution in [1.82, 2.24) is 0 Å². The summed E-state index contributed by atoms with van der Waals surface area (Å²) in [7, 11) is 1.67. The maximum atomic E-state index is 6.40. The molecule has 0 fully saturated rings. The molecular weight excluding hydrogens is 246 g/mol. The first-order valence-corrected chi connectivity index (χ1v) is 6.67. The van der Waals surface area contributed by atoms with Gasteiger partial charge in [0.15, 0.2) is 0 Å². The summed E-state index contributed by atoms with van der Waals surface area (Å²) in [6, 6.07) is 22.3. The molecule has 0 bridgehead atoms. The number of ether oxygens (including phenoxy) is 1. The molecule has 3 aromatic rings. The van der Waals surface area contributed by atoms with Gasteiger partial charge in [-0.2, -0.15) is 0 Å². The molecule has 2 heteroatoms. The maximum Gasteiger partial charge on any atom is 0.123 e. The van der Waals surface area contributed by atoms with E-state index in [1.165, 1.54) is 10.8 Å². The largest absolute Gasteiger partial charge is 0.496 e. The second kappa shape index (κ2) is 5.35. The first kappa shape index (κ1) is 12.7. The summed E-state index contributed by atoms with van der Waals surface area (Å²) in [5.74, 6) is 0.827. The number of para-hydroxylation sites is 1. The second-order valence-electron chi connectivity index (χ2n) is 4.83. The third kappa shape index (κ3) is 2.26. The monoisotopic (exact) mass is 263 g/mol. The Morgan fingerprint density at radius 3 is 2.35 bits per heavy atom. The average molecular weight is 263 g/mol. The van der Waals surface area contributed by atoms with Gasteiger partial charge in [0, 0.05) is 5.56 Å². The van der Waals surface area contributed by atoms with E-state index in [0.717, 1.165) is 16.9 Å². The highest BCUT2D eigenvalue weighted by Crippen LogP contribution is 2.29. The number of hydrogen-bond acceptors (Lipinski definition) is 2. The second-order valence-corrected chi connectivity index (χ2v) is 4.83. The molecule has 0 aliphatic rings. The van der Waals surface area contributed by atoms with Crippen molar-refractivity contribution in [3.05, 3.63) is 77.9 Å². The number of benzene rings is 3. The molecule has 3 rings (SSSR count). The van der Waals surface area contributed by atoms with Crippen molar-refractivity contribution in [2.24, 2.45) is 5.73 Å². The van der Waals surface area contributed by atoms with Crippen LogP contribution in [0.1, 0.15) is 17.2 Å². The minimum atomic E-state index is -0.184. The van der Waals surface area contributed by atoms with Crippen LogP contribution in [-0.4, -0.2) is 7.11 Å². The Hall–Kier alpha value is -2.32. The highest BCUT2D eigenvalue weighted by Gasteiger charge is 2.13. The van der Waals surface area contributed by atoms with Crippen LogP contribution < -0.4 is 10.5 Å². The summed E-state index contributed by atoms with van der Waals surface area (Å²) in [6.45, 7) is 0. The fraction of sp³-hybridized carbons (Fsp3) is 0.111. The number of rotatable bonds is 3. The number of methoxy groups -OCH3 is 1. The van der Waals surface area contributed by atoms with Gasteiger partial charge in [0.1, 0.15) is 5.75 Å². The van der Waals surface area contributed by atoms with Crippen LogP contribution in [0.25, 0.3) is 10.8 Å². The van der Waals surface area contributed by atoms with E-state index >= 15 is 0 Å². The van der Waals surface area contributed by atoms with Crippen molar-refractivity contribution < 1.29 is 4.74 Å². The minimum absolute atomic E-state index is 0.184. The van der Waals surface area contributed by atoms with Gasteiger partial charge in [0.25, 0.3) is 0 Å². The zero-order valence-corrected chi connectivity index (χ0v) is 11.4. The molecule has 0 saturated carbocycles. The lowest BCUT2D eigenvalue weighted by molar-refractivity contribution is 0.408. The van der Waals surface area contributed by atoms with Gasteiger partial charge >= 0.3 is 0 Å². The van der Waals surface area contributed by atoms with Gasteiger partial charge in [-0.3, -0.25) is 0 Å². The topological polar surface area (TPSA) is 35.2 Å². The van der Waals surface area contributed by atoms with E-state index in [9.17, 15) is 0 Å². The van der Waals surface area contributed by atoms with Crippen LogP contribution in [-0.2, 0) is 0 Å². The normalized spacial score (nSPS) is 12.3. The number of nitrogens with two attached hydrogens (primary N) is 1. The first-order chi connectivity index (χ1) is 9.79. The molecule has 3 aromatic carbocycles. The third-order valence-electron chi connectivity index (χ3n) is 3.61. The third-order valence-corrected chi connectivity index (χ3v) is 3.61. The predicted octanol–water partition coefficient (Wildman–Crippen LogP) is 3.90. The fourth-order valence-corrected chi connectivity index (χ4v) is 2.50. The maximum absolute atomic E-state index is 6.40.